The van der Waals surface area contributed by atoms with E-state index < -0.39 is 10.1 Å². The number of hydrogen-bond donors (Lipinski definition) is 2. The number of thiol groups is 1. The highest BCUT2D eigenvalue weighted by Gasteiger charge is 2.31. The average Bonchev–Trinajstić information content (AvgIpc) is 2.43. The minimum atomic E-state index is -0.791. The average molecular weight is 334 g/mol. The van der Waals surface area contributed by atoms with E-state index in [-0.39, 0.29) is 11.7 Å². The van der Waals surface area contributed by atoms with Crippen LogP contribution in [0.15, 0.2) is 12.2 Å². The van der Waals surface area contributed by atoms with Crippen LogP contribution in [0.3, 0.4) is 0 Å². The van der Waals surface area contributed by atoms with E-state index in [0.29, 0.717) is 6.54 Å². The summed E-state index contributed by atoms with van der Waals surface area (Å²) in [6.45, 7) is 6.25. The van der Waals surface area contributed by atoms with Crippen molar-refractivity contribution in [2.45, 2.75) is 64.0 Å². The molecule has 0 aliphatic rings. The molecule has 1 N–H and O–H groups in total. The van der Waals surface area contributed by atoms with Gasteiger partial charge >= 0.3 is 0 Å². The van der Waals surface area contributed by atoms with Crippen LogP contribution < -0.4 is 5.32 Å². The molecule has 0 rings (SSSR count). The van der Waals surface area contributed by atoms with E-state index in [2.05, 4.69) is 24.9 Å². The molecule has 21 heavy (non-hydrogen) atoms. The second-order valence-corrected chi connectivity index (χ2v) is 7.07. The summed E-state index contributed by atoms with van der Waals surface area (Å²) < 4.78 is -0.583. The van der Waals surface area contributed by atoms with Gasteiger partial charge in [0.1, 0.15) is 0 Å². The number of unbranched alkanes of at least 4 members (excludes halogenated alkanes) is 5. The molecule has 0 aromatic heterocycles. The highest BCUT2D eigenvalue weighted by Crippen LogP contribution is 2.29. The number of nitrogens with one attached hydrogen (secondary N) is 1. The van der Waals surface area contributed by atoms with E-state index >= 15 is 0 Å². The number of carbonyl (C=O) groups is 2. The summed E-state index contributed by atoms with van der Waals surface area (Å²) in [6, 6.07) is 0. The number of ketones is 1. The van der Waals surface area contributed by atoms with Crippen LogP contribution in [0.2, 0.25) is 0 Å². The van der Waals surface area contributed by atoms with Crippen LogP contribution in [0.1, 0.15) is 59.3 Å². The molecule has 0 radical (unpaired) electrons. The van der Waals surface area contributed by atoms with Gasteiger partial charge in [0.15, 0.2) is 5.78 Å². The Labute approximate surface area is 139 Å². The number of rotatable bonds is 11. The van der Waals surface area contributed by atoms with Gasteiger partial charge in [0, 0.05) is 12.6 Å². The van der Waals surface area contributed by atoms with Crippen molar-refractivity contribution in [1.82, 2.24) is 5.32 Å². The van der Waals surface area contributed by atoms with E-state index in [1.54, 1.807) is 13.8 Å². The van der Waals surface area contributed by atoms with Crippen LogP contribution in [0.4, 0.5) is 0 Å². The van der Waals surface area contributed by atoms with Crippen molar-refractivity contribution in [3.63, 3.8) is 0 Å². The van der Waals surface area contributed by atoms with Gasteiger partial charge in [0.2, 0.25) is 5.91 Å². The van der Waals surface area contributed by atoms with Gasteiger partial charge in [0.05, 0.1) is 10.1 Å². The van der Waals surface area contributed by atoms with Crippen molar-refractivity contribution in [3.05, 3.63) is 12.2 Å². The van der Waals surface area contributed by atoms with E-state index in [4.69, 9.17) is 11.6 Å². The van der Waals surface area contributed by atoms with Crippen molar-refractivity contribution in [3.8, 4) is 0 Å². The van der Waals surface area contributed by atoms with Gasteiger partial charge < -0.3 is 5.32 Å². The molecule has 0 heterocycles. The summed E-state index contributed by atoms with van der Waals surface area (Å²) in [5, 5.41) is 2.78. The molecule has 0 aliphatic heterocycles. The van der Waals surface area contributed by atoms with Gasteiger partial charge in [-0.05, 0) is 12.5 Å². The number of halogens is 1. The van der Waals surface area contributed by atoms with Crippen molar-refractivity contribution in [2.24, 2.45) is 5.41 Å². The van der Waals surface area contributed by atoms with Crippen LogP contribution in [0.25, 0.3) is 0 Å². The van der Waals surface area contributed by atoms with E-state index in [1.807, 2.05) is 0 Å². The molecule has 1 atom stereocenters. The Morgan fingerprint density at radius 3 is 2.29 bits per heavy atom. The molecule has 1 amide bonds. The molecule has 0 saturated heterocycles. The first-order valence-corrected chi connectivity index (χ1v) is 8.60. The Kier molecular flexibility index (Phi) is 10.9. The molecule has 0 fully saturated rings. The van der Waals surface area contributed by atoms with Crippen LogP contribution in [-0.2, 0) is 9.59 Å². The summed E-state index contributed by atoms with van der Waals surface area (Å²) in [4.78, 5) is 23.5. The topological polar surface area (TPSA) is 46.2 Å². The molecule has 0 saturated carbocycles. The normalized spacial score (nSPS) is 13.4. The van der Waals surface area contributed by atoms with Gasteiger partial charge in [-0.1, -0.05) is 52.9 Å². The number of alkyl halides is 1. The van der Waals surface area contributed by atoms with Gasteiger partial charge in [0.25, 0.3) is 0 Å². The van der Waals surface area contributed by atoms with Crippen molar-refractivity contribution >= 4 is 35.9 Å². The molecule has 122 valence electrons. The van der Waals surface area contributed by atoms with Gasteiger partial charge in [-0.25, -0.2) is 0 Å². The number of carbonyl (C=O) groups excluding carboxylic acids is 2. The van der Waals surface area contributed by atoms with Crippen LogP contribution in [-0.4, -0.2) is 22.9 Å². The third-order valence-electron chi connectivity index (χ3n) is 3.45. The van der Waals surface area contributed by atoms with Gasteiger partial charge in [-0.15, -0.1) is 11.6 Å². The van der Waals surface area contributed by atoms with E-state index in [0.717, 1.165) is 12.8 Å². The molecule has 0 aromatic carbocycles. The monoisotopic (exact) mass is 333 g/mol. The van der Waals surface area contributed by atoms with Crippen LogP contribution in [0.5, 0.6) is 0 Å². The number of amides is 1. The highest BCUT2D eigenvalue weighted by atomic mass is 35.5. The lowest BCUT2D eigenvalue weighted by Gasteiger charge is -2.23. The Balaban J connectivity index is 3.89. The second-order valence-electron chi connectivity index (χ2n) is 5.81. The summed E-state index contributed by atoms with van der Waals surface area (Å²) in [6.07, 6.45) is 9.65. The lowest BCUT2D eigenvalue weighted by molar-refractivity contribution is -0.122. The van der Waals surface area contributed by atoms with Gasteiger partial charge in [-0.2, -0.15) is 12.6 Å². The smallest absolute Gasteiger partial charge is 0.244 e. The number of hydrogen-bond acceptors (Lipinski definition) is 3. The second kappa shape index (κ2) is 11.1. The van der Waals surface area contributed by atoms with E-state index in [9.17, 15) is 9.59 Å². The van der Waals surface area contributed by atoms with Crippen molar-refractivity contribution in [2.75, 3.05) is 6.54 Å². The standard InChI is InChI=1S/C16H28ClNO2S/c1-4-5-6-7-8-9-12-18-14(20)11-10-13(19)16(2,3)15(17)21/h10-11,15,21H,4-9,12H2,1-3H3,(H,18,20). The third-order valence-corrected chi connectivity index (χ3v) is 4.64. The molecule has 3 nitrogen and oxygen atoms in total. The quantitative estimate of drug-likeness (QED) is 0.259. The largest absolute Gasteiger partial charge is 0.353 e. The fourth-order valence-corrected chi connectivity index (χ4v) is 1.89. The predicted molar refractivity (Wildman–Crippen MR) is 92.9 cm³/mol. The van der Waals surface area contributed by atoms with Crippen LogP contribution in [0, 0.1) is 5.41 Å². The lowest BCUT2D eigenvalue weighted by Crippen LogP contribution is -2.30. The SMILES string of the molecule is CCCCCCCCNC(=O)C=CC(=O)C(C)(C)C(S)Cl. The molecule has 5 heteroatoms. The predicted octanol–water partition coefficient (Wildman–Crippen LogP) is 4.11. The molecule has 0 bridgehead atoms. The first-order valence-electron chi connectivity index (χ1n) is 7.64. The third kappa shape index (κ3) is 9.20. The minimum absolute atomic E-state index is 0.202. The molecule has 0 spiro atoms. The minimum Gasteiger partial charge on any atom is -0.353 e. The van der Waals surface area contributed by atoms with Gasteiger partial charge in [-0.3, -0.25) is 9.59 Å². The Bertz CT molecular complexity index is 354. The molecule has 0 aliphatic carbocycles. The maximum Gasteiger partial charge on any atom is 0.244 e. The first kappa shape index (κ1) is 20.5. The number of allylic oxidation sites excluding steroid dienone is 1. The van der Waals surface area contributed by atoms with Crippen LogP contribution >= 0.6 is 24.2 Å². The summed E-state index contributed by atoms with van der Waals surface area (Å²) in [5.74, 6) is -0.440. The molecule has 0 aromatic rings. The zero-order valence-corrected chi connectivity index (χ0v) is 15.0. The fourth-order valence-electron chi connectivity index (χ4n) is 1.66. The molecular formula is C16H28ClNO2S. The summed E-state index contributed by atoms with van der Waals surface area (Å²) in [5.41, 5.74) is -0.791. The fraction of sp³-hybridized carbons (Fsp3) is 0.750. The maximum absolute atomic E-state index is 11.9. The Morgan fingerprint density at radius 2 is 1.71 bits per heavy atom. The highest BCUT2D eigenvalue weighted by molar-refractivity contribution is 7.82. The Hall–Kier alpha value is -0.480. The van der Waals surface area contributed by atoms with Crippen molar-refractivity contribution < 1.29 is 9.59 Å². The summed E-state index contributed by atoms with van der Waals surface area (Å²) >= 11 is 9.92. The zero-order chi connectivity index (χ0) is 16.3. The van der Waals surface area contributed by atoms with E-state index in [1.165, 1.54) is 37.8 Å². The first-order chi connectivity index (χ1) is 9.82. The zero-order valence-electron chi connectivity index (χ0n) is 13.3. The Morgan fingerprint density at radius 1 is 1.14 bits per heavy atom. The molecular weight excluding hydrogens is 306 g/mol. The molecule has 1 unspecified atom stereocenters. The van der Waals surface area contributed by atoms with Crippen molar-refractivity contribution in [1.29, 1.82) is 0 Å². The lowest BCUT2D eigenvalue weighted by atomic mass is 9.90. The summed E-state index contributed by atoms with van der Waals surface area (Å²) in [7, 11) is 0. The maximum atomic E-state index is 11.9.